The molecule has 130 valence electrons. The van der Waals surface area contributed by atoms with Crippen LogP contribution in [-0.2, 0) is 10.1 Å². The largest absolute Gasteiger partial charge is 1.00 e. The van der Waals surface area contributed by atoms with Crippen molar-refractivity contribution in [1.29, 1.82) is 0 Å². The fraction of sp³-hybridized carbons (Fsp3) is 1.00. The molecule has 1 N–H and O–H groups in total. The van der Waals surface area contributed by atoms with Gasteiger partial charge in [0.15, 0.2) is 17.4 Å². The van der Waals surface area contributed by atoms with Crippen LogP contribution in [0, 0.1) is 0 Å². The average molecular weight is 361 g/mol. The molecular weight excluding hydrogens is 322 g/mol. The first kappa shape index (κ1) is 28.3. The van der Waals surface area contributed by atoms with Gasteiger partial charge in [0.1, 0.15) is 0 Å². The summed E-state index contributed by atoms with van der Waals surface area (Å²) in [6, 6.07) is 0. The van der Waals surface area contributed by atoms with Crippen molar-refractivity contribution in [3.05, 3.63) is 0 Å². The smallest absolute Gasteiger partial charge is 1.00 e. The van der Waals surface area contributed by atoms with Crippen molar-refractivity contribution >= 4 is 27.5 Å². The number of unbranched alkanes of at least 4 members (excludes halogenated alkanes) is 13. The van der Waals surface area contributed by atoms with Crippen molar-refractivity contribution in [2.24, 2.45) is 0 Å². The molecule has 3 nitrogen and oxygen atoms in total. The van der Waals surface area contributed by atoms with Crippen LogP contribution in [0.5, 0.6) is 0 Å². The minimum Gasteiger partial charge on any atom is -1.00 e. The van der Waals surface area contributed by atoms with Crippen LogP contribution in [-0.4, -0.2) is 36.1 Å². The molecule has 0 aliphatic rings. The first-order valence-electron chi connectivity index (χ1n) is 8.51. The molecule has 22 heavy (non-hydrogen) atoms. The first-order valence-corrected chi connectivity index (χ1v) is 10.1. The molecule has 0 unspecified atom stereocenters. The van der Waals surface area contributed by atoms with Crippen molar-refractivity contribution in [2.45, 2.75) is 96.8 Å². The molecule has 0 rings (SSSR count). The van der Waals surface area contributed by atoms with Gasteiger partial charge in [0.05, 0.1) is 5.75 Å². The van der Waals surface area contributed by atoms with Gasteiger partial charge in [-0.2, -0.15) is 8.42 Å². The maximum atomic E-state index is 10.5. The number of hydrogen-bond acceptors (Lipinski definition) is 2. The minimum atomic E-state index is -3.74. The van der Waals surface area contributed by atoms with E-state index in [0.717, 1.165) is 12.8 Å². The Morgan fingerprint density at radius 3 is 1.23 bits per heavy atom. The third-order valence-corrected chi connectivity index (χ3v) is 4.56. The Morgan fingerprint density at radius 2 is 0.955 bits per heavy atom. The predicted octanol–water partition coefficient (Wildman–Crippen LogP) is 1.29. The zero-order valence-corrected chi connectivity index (χ0v) is 17.1. The van der Waals surface area contributed by atoms with Gasteiger partial charge in [-0.05, 0) is 6.42 Å². The van der Waals surface area contributed by atoms with Crippen molar-refractivity contribution < 1.29 is 44.0 Å². The van der Waals surface area contributed by atoms with Crippen LogP contribution >= 0.6 is 0 Å². The van der Waals surface area contributed by atoms with Gasteiger partial charge in [-0.1, -0.05) is 90.4 Å². The molecule has 0 saturated carbocycles. The van der Waals surface area contributed by atoms with E-state index >= 15 is 0 Å². The van der Waals surface area contributed by atoms with Gasteiger partial charge < -0.3 is 1.43 Å². The van der Waals surface area contributed by atoms with Crippen LogP contribution in [0.1, 0.15) is 98.2 Å². The van der Waals surface area contributed by atoms with Gasteiger partial charge in [0.2, 0.25) is 0 Å². The van der Waals surface area contributed by atoms with Gasteiger partial charge in [0.25, 0.3) is 10.1 Å². The second kappa shape index (κ2) is 20.5. The number of hydrogen-bond donors (Lipinski definition) is 1. The van der Waals surface area contributed by atoms with Crippen molar-refractivity contribution in [3.63, 3.8) is 0 Å². The Hall–Kier alpha value is 1.44. The summed E-state index contributed by atoms with van der Waals surface area (Å²) in [7, 11) is -3.74. The average Bonchev–Trinajstić information content (AvgIpc) is 2.38. The van der Waals surface area contributed by atoms with E-state index < -0.39 is 10.1 Å². The topological polar surface area (TPSA) is 54.4 Å². The molecule has 0 heterocycles. The monoisotopic (exact) mass is 360 g/mol. The summed E-state index contributed by atoms with van der Waals surface area (Å²) in [5.41, 5.74) is 0. The van der Waals surface area contributed by atoms with Gasteiger partial charge in [-0.3, -0.25) is 4.55 Å². The Morgan fingerprint density at radius 1 is 0.682 bits per heavy atom. The van der Waals surface area contributed by atoms with Crippen LogP contribution in [0.2, 0.25) is 0 Å². The van der Waals surface area contributed by atoms with Gasteiger partial charge >= 0.3 is 29.6 Å². The molecule has 0 saturated heterocycles. The quantitative estimate of drug-likeness (QED) is 0.272. The Labute approximate surface area is 173 Å². The van der Waals surface area contributed by atoms with Crippen molar-refractivity contribution in [1.82, 2.24) is 0 Å². The summed E-state index contributed by atoms with van der Waals surface area (Å²) in [6.07, 6.45) is 17.4. The molecular formula is C16H38AlNaO3S. The van der Waals surface area contributed by atoms with Crippen LogP contribution < -0.4 is 29.6 Å². The zero-order chi connectivity index (χ0) is 15.1. The molecule has 0 aliphatic heterocycles. The summed E-state index contributed by atoms with van der Waals surface area (Å²) in [4.78, 5) is 0. The normalized spacial score (nSPS) is 10.8. The van der Waals surface area contributed by atoms with E-state index in [1.165, 1.54) is 70.6 Å². The van der Waals surface area contributed by atoms with E-state index in [2.05, 4.69) is 6.92 Å². The van der Waals surface area contributed by atoms with Gasteiger partial charge in [-0.25, -0.2) is 0 Å². The van der Waals surface area contributed by atoms with Crippen LogP contribution in [0.3, 0.4) is 0 Å². The van der Waals surface area contributed by atoms with Crippen molar-refractivity contribution in [2.75, 3.05) is 5.75 Å². The van der Waals surface area contributed by atoms with Crippen LogP contribution in [0.25, 0.3) is 0 Å². The molecule has 0 atom stereocenters. The number of rotatable bonds is 15. The van der Waals surface area contributed by atoms with E-state index in [0.29, 0.717) is 6.42 Å². The molecule has 0 spiro atoms. The second-order valence-electron chi connectivity index (χ2n) is 5.88. The van der Waals surface area contributed by atoms with Crippen LogP contribution in [0.4, 0.5) is 0 Å². The Balaban J connectivity index is -0.000000602. The Bertz CT molecular complexity index is 304. The summed E-state index contributed by atoms with van der Waals surface area (Å²) in [6.45, 7) is 2.25. The molecule has 0 radical (unpaired) electrons. The fourth-order valence-corrected chi connectivity index (χ4v) is 3.05. The second-order valence-corrected chi connectivity index (χ2v) is 7.45. The summed E-state index contributed by atoms with van der Waals surface area (Å²) in [5, 5.41) is 0. The van der Waals surface area contributed by atoms with Gasteiger partial charge in [0, 0.05) is 0 Å². The van der Waals surface area contributed by atoms with E-state index in [1.54, 1.807) is 0 Å². The van der Waals surface area contributed by atoms with E-state index in [4.69, 9.17) is 4.55 Å². The van der Waals surface area contributed by atoms with E-state index in [-0.39, 0.29) is 54.1 Å². The first-order chi connectivity index (χ1) is 9.56. The molecule has 0 aliphatic carbocycles. The third kappa shape index (κ3) is 26.3. The molecule has 0 aromatic carbocycles. The van der Waals surface area contributed by atoms with Gasteiger partial charge in [-0.15, -0.1) is 0 Å². The predicted molar refractivity (Wildman–Crippen MR) is 97.8 cm³/mol. The van der Waals surface area contributed by atoms with E-state index in [9.17, 15) is 8.42 Å². The SMILES string of the molecule is CCCCCCCCCCCCCCCCS(=O)(=O)O.[AlH3].[H-].[Na+]. The maximum Gasteiger partial charge on any atom is 1.00 e. The molecule has 0 aromatic heterocycles. The molecule has 6 heteroatoms. The Kier molecular flexibility index (Phi) is 26.3. The summed E-state index contributed by atoms with van der Waals surface area (Å²) < 4.78 is 29.6. The third-order valence-electron chi connectivity index (χ3n) is 3.76. The van der Waals surface area contributed by atoms with E-state index in [1.807, 2.05) is 0 Å². The summed E-state index contributed by atoms with van der Waals surface area (Å²) >= 11 is 0. The molecule has 0 bridgehead atoms. The van der Waals surface area contributed by atoms with Crippen molar-refractivity contribution in [3.8, 4) is 0 Å². The zero-order valence-electron chi connectivity index (χ0n) is 15.3. The molecule has 0 aromatic rings. The molecule has 0 fully saturated rings. The minimum absolute atomic E-state index is 0. The fourth-order valence-electron chi connectivity index (χ4n) is 2.48. The molecule has 0 amide bonds. The maximum absolute atomic E-state index is 10.5. The summed E-state index contributed by atoms with van der Waals surface area (Å²) in [5.74, 6) is -0.0783. The van der Waals surface area contributed by atoms with Crippen LogP contribution in [0.15, 0.2) is 0 Å². The standard InChI is InChI=1S/C16H34O3S.Al.Na.4H/c1-2-3-4-5-6-7-8-9-10-11-12-13-14-15-16-20(17,18)19;;;;;;/h2-16H2,1H3,(H,17,18,19);;;;;;/q;;+1;;;;-1.